The second-order valence-electron chi connectivity index (χ2n) is 4.74. The molecule has 0 bridgehead atoms. The zero-order valence-corrected chi connectivity index (χ0v) is 9.96. The Morgan fingerprint density at radius 3 is 2.53 bits per heavy atom. The summed E-state index contributed by atoms with van der Waals surface area (Å²) in [6.45, 7) is 2.06. The van der Waals surface area contributed by atoms with Gasteiger partial charge in [-0.3, -0.25) is 0 Å². The molecule has 5 heteroatoms. The summed E-state index contributed by atoms with van der Waals surface area (Å²) in [6, 6.07) is 1.84. The Morgan fingerprint density at radius 2 is 2.12 bits per heavy atom. The summed E-state index contributed by atoms with van der Waals surface area (Å²) in [7, 11) is 1.53. The molecule has 1 aliphatic carbocycles. The molecular formula is C12H16F2N2O. The number of aryl methyl sites for hydroxylation is 1. The van der Waals surface area contributed by atoms with Crippen LogP contribution >= 0.6 is 0 Å². The van der Waals surface area contributed by atoms with Crippen LogP contribution in [0.3, 0.4) is 0 Å². The van der Waals surface area contributed by atoms with Gasteiger partial charge in [-0.15, -0.1) is 0 Å². The number of alkyl halides is 2. The van der Waals surface area contributed by atoms with Crippen molar-refractivity contribution < 1.29 is 13.5 Å². The van der Waals surface area contributed by atoms with E-state index in [1.54, 1.807) is 6.20 Å². The molecule has 0 amide bonds. The van der Waals surface area contributed by atoms with Gasteiger partial charge < -0.3 is 10.5 Å². The molecule has 3 nitrogen and oxygen atoms in total. The number of aromatic nitrogens is 1. The maximum absolute atomic E-state index is 13.1. The van der Waals surface area contributed by atoms with Crippen LogP contribution in [0.25, 0.3) is 0 Å². The van der Waals surface area contributed by atoms with E-state index in [2.05, 4.69) is 4.98 Å². The molecule has 1 fully saturated rings. The first-order valence-corrected chi connectivity index (χ1v) is 5.51. The number of halogens is 2. The van der Waals surface area contributed by atoms with Crippen molar-refractivity contribution >= 4 is 0 Å². The van der Waals surface area contributed by atoms with Gasteiger partial charge in [0.15, 0.2) is 0 Å². The largest absolute Gasteiger partial charge is 0.481 e. The zero-order chi connectivity index (χ0) is 12.7. The van der Waals surface area contributed by atoms with E-state index >= 15 is 0 Å². The molecule has 0 aromatic carbocycles. The molecule has 1 saturated carbocycles. The third-order valence-electron chi connectivity index (χ3n) is 3.42. The molecular weight excluding hydrogens is 226 g/mol. The highest BCUT2D eigenvalue weighted by molar-refractivity contribution is 5.36. The number of ether oxygens (including phenoxy) is 1. The van der Waals surface area contributed by atoms with Crippen molar-refractivity contribution in [2.45, 2.75) is 31.1 Å². The van der Waals surface area contributed by atoms with Gasteiger partial charge in [-0.2, -0.15) is 0 Å². The molecule has 0 unspecified atom stereocenters. The van der Waals surface area contributed by atoms with Gasteiger partial charge in [0.05, 0.1) is 7.11 Å². The number of methoxy groups -OCH3 is 1. The maximum Gasteiger partial charge on any atom is 0.250 e. The second-order valence-corrected chi connectivity index (χ2v) is 4.74. The fourth-order valence-electron chi connectivity index (χ4n) is 2.47. The van der Waals surface area contributed by atoms with Crippen molar-refractivity contribution in [3.63, 3.8) is 0 Å². The Hall–Kier alpha value is -1.23. The number of hydrogen-bond donors (Lipinski definition) is 1. The van der Waals surface area contributed by atoms with Crippen LogP contribution < -0.4 is 10.5 Å². The van der Waals surface area contributed by atoms with Crippen LogP contribution in [-0.2, 0) is 5.41 Å². The smallest absolute Gasteiger partial charge is 0.250 e. The first-order valence-electron chi connectivity index (χ1n) is 5.51. The van der Waals surface area contributed by atoms with Crippen LogP contribution in [0, 0.1) is 6.92 Å². The van der Waals surface area contributed by atoms with Gasteiger partial charge in [-0.05, 0) is 18.6 Å². The van der Waals surface area contributed by atoms with E-state index in [9.17, 15) is 8.78 Å². The molecule has 0 spiro atoms. The fourth-order valence-corrected chi connectivity index (χ4v) is 2.47. The summed E-state index contributed by atoms with van der Waals surface area (Å²) in [5.74, 6) is -2.07. The molecule has 1 aromatic heterocycles. The molecule has 94 valence electrons. The third-order valence-corrected chi connectivity index (χ3v) is 3.42. The summed E-state index contributed by atoms with van der Waals surface area (Å²) in [5.41, 5.74) is 6.66. The summed E-state index contributed by atoms with van der Waals surface area (Å²) < 4.78 is 31.2. The minimum atomic E-state index is -2.59. The quantitative estimate of drug-likeness (QED) is 0.882. The number of rotatable bonds is 3. The van der Waals surface area contributed by atoms with Crippen molar-refractivity contribution in [1.82, 2.24) is 4.98 Å². The van der Waals surface area contributed by atoms with E-state index in [-0.39, 0.29) is 19.4 Å². The molecule has 0 saturated heterocycles. The van der Waals surface area contributed by atoms with Crippen molar-refractivity contribution in [2.24, 2.45) is 5.73 Å². The van der Waals surface area contributed by atoms with E-state index < -0.39 is 11.3 Å². The monoisotopic (exact) mass is 242 g/mol. The minimum absolute atomic E-state index is 0.191. The lowest BCUT2D eigenvalue weighted by molar-refractivity contribution is -0.123. The Labute approximate surface area is 99.0 Å². The average Bonchev–Trinajstić information content (AvgIpc) is 2.25. The Balaban J connectivity index is 2.31. The van der Waals surface area contributed by atoms with Crippen LogP contribution in [0.2, 0.25) is 0 Å². The molecule has 17 heavy (non-hydrogen) atoms. The lowest BCUT2D eigenvalue weighted by Crippen LogP contribution is -2.53. The normalized spacial score (nSPS) is 20.8. The Bertz CT molecular complexity index is 427. The Morgan fingerprint density at radius 1 is 1.47 bits per heavy atom. The average molecular weight is 242 g/mol. The summed E-state index contributed by atoms with van der Waals surface area (Å²) in [6.07, 6.45) is 1.21. The molecule has 1 aliphatic rings. The summed E-state index contributed by atoms with van der Waals surface area (Å²) in [5, 5.41) is 0. The van der Waals surface area contributed by atoms with E-state index in [1.165, 1.54) is 7.11 Å². The number of nitrogens with two attached hydrogens (primary N) is 1. The van der Waals surface area contributed by atoms with Crippen LogP contribution in [0.4, 0.5) is 8.78 Å². The van der Waals surface area contributed by atoms with Crippen molar-refractivity contribution in [3.05, 3.63) is 23.4 Å². The van der Waals surface area contributed by atoms with Crippen molar-refractivity contribution in [2.75, 3.05) is 13.7 Å². The number of hydrogen-bond acceptors (Lipinski definition) is 3. The molecule has 2 N–H and O–H groups in total. The molecule has 1 aromatic rings. The van der Waals surface area contributed by atoms with Crippen molar-refractivity contribution in [3.8, 4) is 5.88 Å². The number of pyridine rings is 1. The van der Waals surface area contributed by atoms with Crippen LogP contribution in [-0.4, -0.2) is 24.6 Å². The minimum Gasteiger partial charge on any atom is -0.481 e. The molecule has 0 atom stereocenters. The third kappa shape index (κ3) is 1.99. The van der Waals surface area contributed by atoms with Crippen molar-refractivity contribution in [1.29, 1.82) is 0 Å². The first-order chi connectivity index (χ1) is 7.92. The molecule has 0 aliphatic heterocycles. The van der Waals surface area contributed by atoms with Gasteiger partial charge in [0, 0.05) is 36.6 Å². The fraction of sp³-hybridized carbons (Fsp3) is 0.583. The highest BCUT2D eigenvalue weighted by Crippen LogP contribution is 2.52. The van der Waals surface area contributed by atoms with E-state index in [1.807, 2.05) is 13.0 Å². The second kappa shape index (κ2) is 3.91. The SMILES string of the molecule is COc1ncc(C2(CN)CC(F)(F)C2)cc1C. The maximum atomic E-state index is 13.1. The zero-order valence-electron chi connectivity index (χ0n) is 9.96. The first kappa shape index (κ1) is 12.2. The Kier molecular flexibility index (Phi) is 2.81. The van der Waals surface area contributed by atoms with E-state index in [0.717, 1.165) is 11.1 Å². The molecule has 0 radical (unpaired) electrons. The predicted molar refractivity (Wildman–Crippen MR) is 60.4 cm³/mol. The summed E-state index contributed by atoms with van der Waals surface area (Å²) >= 11 is 0. The highest BCUT2D eigenvalue weighted by Gasteiger charge is 2.56. The highest BCUT2D eigenvalue weighted by atomic mass is 19.3. The van der Waals surface area contributed by atoms with Gasteiger partial charge in [0.25, 0.3) is 0 Å². The van der Waals surface area contributed by atoms with Gasteiger partial charge in [0.2, 0.25) is 11.8 Å². The topological polar surface area (TPSA) is 48.1 Å². The lowest BCUT2D eigenvalue weighted by Gasteiger charge is -2.47. The van der Waals surface area contributed by atoms with Gasteiger partial charge >= 0.3 is 0 Å². The predicted octanol–water partition coefficient (Wildman–Crippen LogP) is 2.02. The van der Waals surface area contributed by atoms with Crippen LogP contribution in [0.15, 0.2) is 12.3 Å². The van der Waals surface area contributed by atoms with Gasteiger partial charge in [-0.1, -0.05) is 0 Å². The van der Waals surface area contributed by atoms with Gasteiger partial charge in [0.1, 0.15) is 0 Å². The summed E-state index contributed by atoms with van der Waals surface area (Å²) in [4.78, 5) is 4.12. The van der Waals surface area contributed by atoms with Gasteiger partial charge in [-0.25, -0.2) is 13.8 Å². The molecule has 1 heterocycles. The number of nitrogens with zero attached hydrogens (tertiary/aromatic N) is 1. The van der Waals surface area contributed by atoms with E-state index in [4.69, 9.17) is 10.5 Å². The lowest BCUT2D eigenvalue weighted by atomic mass is 9.62. The van der Waals surface area contributed by atoms with Crippen LogP contribution in [0.1, 0.15) is 24.0 Å². The van der Waals surface area contributed by atoms with Crippen LogP contribution in [0.5, 0.6) is 5.88 Å². The van der Waals surface area contributed by atoms with E-state index in [0.29, 0.717) is 5.88 Å². The molecule has 2 rings (SSSR count). The standard InChI is InChI=1S/C12H16F2N2O/c1-8-3-9(4-16-10(8)17-2)11(7-15)5-12(13,14)6-11/h3-4H,5-7,15H2,1-2H3.